The van der Waals surface area contributed by atoms with Gasteiger partial charge in [-0.2, -0.15) is 4.98 Å². The third-order valence-corrected chi connectivity index (χ3v) is 3.98. The Balaban J connectivity index is 1.73. The third kappa shape index (κ3) is 6.31. The van der Waals surface area contributed by atoms with E-state index in [0.717, 1.165) is 16.8 Å². The van der Waals surface area contributed by atoms with Crippen LogP contribution >= 0.6 is 0 Å². The van der Waals surface area contributed by atoms with Crippen molar-refractivity contribution in [1.29, 1.82) is 0 Å². The number of benzene rings is 2. The van der Waals surface area contributed by atoms with Crippen molar-refractivity contribution in [3.63, 3.8) is 0 Å². The second-order valence-corrected chi connectivity index (χ2v) is 6.81. The summed E-state index contributed by atoms with van der Waals surface area (Å²) in [5.41, 5.74) is 3.97. The smallest absolute Gasteiger partial charge is 0.243 e. The van der Waals surface area contributed by atoms with E-state index in [4.69, 9.17) is 4.74 Å². The number of aromatic nitrogens is 2. The third-order valence-electron chi connectivity index (χ3n) is 3.98. The number of amides is 1. The molecule has 0 aliphatic rings. The fourth-order valence-corrected chi connectivity index (χ4v) is 2.69. The van der Waals surface area contributed by atoms with Crippen LogP contribution in [0, 0.1) is 0 Å². The van der Waals surface area contributed by atoms with Crippen molar-refractivity contribution in [1.82, 2.24) is 15.3 Å². The van der Waals surface area contributed by atoms with Gasteiger partial charge in [-0.15, -0.1) is 0 Å². The summed E-state index contributed by atoms with van der Waals surface area (Å²) in [5.74, 6) is 1.41. The summed E-state index contributed by atoms with van der Waals surface area (Å²) < 4.78 is 5.90. The Morgan fingerprint density at radius 1 is 1.03 bits per heavy atom. The molecule has 1 amide bonds. The van der Waals surface area contributed by atoms with E-state index in [0.29, 0.717) is 17.6 Å². The largest absolute Gasteiger partial charge is 0.439 e. The van der Waals surface area contributed by atoms with Crippen molar-refractivity contribution in [3.8, 4) is 11.6 Å². The van der Waals surface area contributed by atoms with Gasteiger partial charge in [-0.1, -0.05) is 35.9 Å². The Morgan fingerprint density at radius 3 is 2.63 bits per heavy atom. The molecule has 0 atom stereocenters. The van der Waals surface area contributed by atoms with E-state index in [2.05, 4.69) is 40.5 Å². The summed E-state index contributed by atoms with van der Waals surface area (Å²) in [6.45, 7) is 4.11. The van der Waals surface area contributed by atoms with Gasteiger partial charge in [-0.25, -0.2) is 4.98 Å². The van der Waals surface area contributed by atoms with Crippen LogP contribution in [0.25, 0.3) is 12.2 Å². The van der Waals surface area contributed by atoms with Crippen molar-refractivity contribution in [2.24, 2.45) is 0 Å². The van der Waals surface area contributed by atoms with Crippen molar-refractivity contribution < 1.29 is 9.53 Å². The number of ether oxygens (including phenoxy) is 1. The Labute approximate surface area is 176 Å². The van der Waals surface area contributed by atoms with Gasteiger partial charge in [-0.05, 0) is 55.3 Å². The van der Waals surface area contributed by atoms with Crippen LogP contribution < -0.4 is 15.4 Å². The van der Waals surface area contributed by atoms with Gasteiger partial charge in [0.05, 0.1) is 0 Å². The van der Waals surface area contributed by atoms with Gasteiger partial charge in [-0.3, -0.25) is 4.79 Å². The Morgan fingerprint density at radius 2 is 1.83 bits per heavy atom. The second kappa shape index (κ2) is 10.0. The molecule has 3 aromatic rings. The van der Waals surface area contributed by atoms with Gasteiger partial charge in [0, 0.05) is 31.1 Å². The van der Waals surface area contributed by atoms with Crippen molar-refractivity contribution in [3.05, 3.63) is 83.6 Å². The minimum Gasteiger partial charge on any atom is -0.439 e. The van der Waals surface area contributed by atoms with E-state index in [-0.39, 0.29) is 5.91 Å². The molecule has 3 rings (SSSR count). The quantitative estimate of drug-likeness (QED) is 0.534. The summed E-state index contributed by atoms with van der Waals surface area (Å²) in [6.07, 6.45) is 6.95. The van der Waals surface area contributed by atoms with E-state index in [1.807, 2.05) is 48.5 Å². The molecule has 6 nitrogen and oxygen atoms in total. The van der Waals surface area contributed by atoms with Gasteiger partial charge in [0.1, 0.15) is 5.75 Å². The first-order chi connectivity index (χ1) is 14.5. The lowest BCUT2D eigenvalue weighted by atomic mass is 10.1. The zero-order valence-corrected chi connectivity index (χ0v) is 17.2. The molecule has 0 aliphatic carbocycles. The van der Waals surface area contributed by atoms with Crippen LogP contribution in [0.2, 0.25) is 0 Å². The Hall–Kier alpha value is -3.93. The lowest BCUT2D eigenvalue weighted by Gasteiger charge is -2.09. The average molecular weight is 400 g/mol. The molecule has 152 valence electrons. The maximum atomic E-state index is 11.4. The number of hydrogen-bond acceptors (Lipinski definition) is 5. The Bertz CT molecular complexity index is 1090. The van der Waals surface area contributed by atoms with Gasteiger partial charge in [0.2, 0.25) is 17.7 Å². The number of carbonyl (C=O) groups excluding carboxylic acids is 1. The van der Waals surface area contributed by atoms with Gasteiger partial charge < -0.3 is 15.4 Å². The molecule has 0 saturated carbocycles. The number of carbonyl (C=O) groups is 1. The van der Waals surface area contributed by atoms with Gasteiger partial charge in [0.15, 0.2) is 0 Å². The number of anilines is 2. The maximum absolute atomic E-state index is 11.4. The molecule has 2 aromatic carbocycles. The highest BCUT2D eigenvalue weighted by Gasteiger charge is 2.04. The van der Waals surface area contributed by atoms with Crippen molar-refractivity contribution in [2.45, 2.75) is 13.8 Å². The zero-order valence-electron chi connectivity index (χ0n) is 17.2. The lowest BCUT2D eigenvalue weighted by Crippen LogP contribution is -2.13. The summed E-state index contributed by atoms with van der Waals surface area (Å²) in [5, 5.41) is 5.71. The standard InChI is InChI=1S/C24H24N4O2/c1-17(2)14-19-7-5-9-21(16-19)30-23-12-13-26-24(28-23)27-20-8-4-6-18(15-20)10-11-22(29)25-3/h4-16H,1-3H3,(H,25,29)(H,26,27,28)/b11-10+. The van der Waals surface area contributed by atoms with Gasteiger partial charge >= 0.3 is 0 Å². The molecule has 1 aromatic heterocycles. The predicted octanol–water partition coefficient (Wildman–Crippen LogP) is 5.19. The molecule has 0 aliphatic heterocycles. The highest BCUT2D eigenvalue weighted by Crippen LogP contribution is 2.23. The number of nitrogens with zero attached hydrogens (tertiary/aromatic N) is 2. The highest BCUT2D eigenvalue weighted by atomic mass is 16.5. The van der Waals surface area contributed by atoms with Crippen LogP contribution in [-0.2, 0) is 4.79 Å². The number of nitrogens with one attached hydrogen (secondary N) is 2. The number of hydrogen-bond donors (Lipinski definition) is 2. The first-order valence-electron chi connectivity index (χ1n) is 9.54. The molecule has 1 heterocycles. The van der Waals surface area contributed by atoms with Crippen LogP contribution in [-0.4, -0.2) is 22.9 Å². The molecule has 6 heteroatoms. The van der Waals surface area contributed by atoms with E-state index in [1.165, 1.54) is 11.6 Å². The molecule has 30 heavy (non-hydrogen) atoms. The molecule has 2 N–H and O–H groups in total. The molecule has 0 fully saturated rings. The molecule has 0 radical (unpaired) electrons. The predicted molar refractivity (Wildman–Crippen MR) is 121 cm³/mol. The highest BCUT2D eigenvalue weighted by molar-refractivity contribution is 5.91. The summed E-state index contributed by atoms with van der Waals surface area (Å²) in [6, 6.07) is 17.1. The fourth-order valence-electron chi connectivity index (χ4n) is 2.69. The number of rotatable bonds is 7. The lowest BCUT2D eigenvalue weighted by molar-refractivity contribution is -0.115. The van der Waals surface area contributed by atoms with Crippen LogP contribution in [0.15, 0.2) is 72.4 Å². The van der Waals surface area contributed by atoms with Crippen LogP contribution in [0.5, 0.6) is 11.6 Å². The monoisotopic (exact) mass is 400 g/mol. The number of allylic oxidation sites excluding steroid dienone is 1. The molecule has 0 saturated heterocycles. The molecule has 0 spiro atoms. The summed E-state index contributed by atoms with van der Waals surface area (Å²) in [4.78, 5) is 20.1. The molecular formula is C24H24N4O2. The first-order valence-corrected chi connectivity index (χ1v) is 9.54. The van der Waals surface area contributed by atoms with Crippen LogP contribution in [0.3, 0.4) is 0 Å². The van der Waals surface area contributed by atoms with Crippen LogP contribution in [0.4, 0.5) is 11.6 Å². The van der Waals surface area contributed by atoms with Crippen molar-refractivity contribution >= 4 is 29.7 Å². The Kier molecular flexibility index (Phi) is 6.95. The zero-order chi connectivity index (χ0) is 21.3. The topological polar surface area (TPSA) is 76.1 Å². The minimum atomic E-state index is -0.157. The second-order valence-electron chi connectivity index (χ2n) is 6.81. The van der Waals surface area contributed by atoms with E-state index in [1.54, 1.807) is 25.4 Å². The first kappa shape index (κ1) is 20.8. The van der Waals surface area contributed by atoms with E-state index >= 15 is 0 Å². The van der Waals surface area contributed by atoms with Gasteiger partial charge in [0.25, 0.3) is 0 Å². The summed E-state index contributed by atoms with van der Waals surface area (Å²) in [7, 11) is 1.59. The molecular weight excluding hydrogens is 376 g/mol. The normalized spacial score (nSPS) is 10.5. The minimum absolute atomic E-state index is 0.157. The SMILES string of the molecule is CNC(=O)/C=C/c1cccc(Nc2nccc(Oc3cccc(C=C(C)C)c3)n2)c1. The van der Waals surface area contributed by atoms with E-state index < -0.39 is 0 Å². The number of likely N-dealkylation sites (N-methyl/N-ethyl adjacent to an activating group) is 1. The summed E-state index contributed by atoms with van der Waals surface area (Å²) >= 11 is 0. The average Bonchev–Trinajstić information content (AvgIpc) is 2.72. The van der Waals surface area contributed by atoms with E-state index in [9.17, 15) is 4.79 Å². The van der Waals surface area contributed by atoms with Crippen molar-refractivity contribution in [2.75, 3.05) is 12.4 Å². The fraction of sp³-hybridized carbons (Fsp3) is 0.125. The molecule has 0 bridgehead atoms. The van der Waals surface area contributed by atoms with Crippen LogP contribution in [0.1, 0.15) is 25.0 Å². The molecule has 0 unspecified atom stereocenters. The maximum Gasteiger partial charge on any atom is 0.243 e.